The summed E-state index contributed by atoms with van der Waals surface area (Å²) in [5.74, 6) is -4.55. The number of nitrogens with one attached hydrogen (secondary N) is 1. The van der Waals surface area contributed by atoms with Crippen molar-refractivity contribution in [3.8, 4) is 0 Å². The number of alkyl halides is 3. The second-order valence-electron chi connectivity index (χ2n) is 6.38. The predicted octanol–water partition coefficient (Wildman–Crippen LogP) is 3.54. The van der Waals surface area contributed by atoms with E-state index >= 15 is 0 Å². The zero-order chi connectivity index (χ0) is 17.3. The van der Waals surface area contributed by atoms with Gasteiger partial charge in [0, 0.05) is 24.3 Å². The number of ketones is 1. The molecule has 0 bridgehead atoms. The van der Waals surface area contributed by atoms with E-state index in [0.29, 0.717) is 0 Å². The molecule has 2 fully saturated rings. The topological polar surface area (TPSA) is 55.4 Å². The van der Waals surface area contributed by atoms with Crippen molar-refractivity contribution in [1.82, 2.24) is 5.32 Å². The Bertz CT molecular complexity index is 612. The Balaban J connectivity index is 1.55. The van der Waals surface area contributed by atoms with Gasteiger partial charge in [0.2, 0.25) is 0 Å². The zero-order valence-electron chi connectivity index (χ0n) is 12.9. The van der Waals surface area contributed by atoms with Gasteiger partial charge in [-0.3, -0.25) is 4.79 Å². The van der Waals surface area contributed by atoms with Crippen LogP contribution in [0.25, 0.3) is 0 Å². The van der Waals surface area contributed by atoms with E-state index in [1.54, 1.807) is 0 Å². The molecule has 4 nitrogen and oxygen atoms in total. The van der Waals surface area contributed by atoms with Gasteiger partial charge in [0.1, 0.15) is 0 Å². The maximum Gasteiger partial charge on any atom is 0.408 e. The van der Waals surface area contributed by atoms with Crippen molar-refractivity contribution >= 4 is 27.8 Å². The first-order valence-electron chi connectivity index (χ1n) is 7.88. The number of Topliss-reactive ketones (excluding diaryl/α,β-unsaturated/α-hetero) is 1. The average Bonchev–Trinajstić information content (AvgIpc) is 2.94. The normalized spacial score (nSPS) is 27.9. The van der Waals surface area contributed by atoms with Gasteiger partial charge in [0.05, 0.1) is 5.33 Å². The van der Waals surface area contributed by atoms with Crippen LogP contribution in [-0.4, -0.2) is 29.2 Å². The highest BCUT2D eigenvalue weighted by atomic mass is 79.9. The smallest absolute Gasteiger partial charge is 0.408 e. The number of halogens is 3. The fourth-order valence-electron chi connectivity index (χ4n) is 3.53. The molecule has 2 saturated carbocycles. The lowest BCUT2D eigenvalue weighted by atomic mass is 9.93. The van der Waals surface area contributed by atoms with Gasteiger partial charge < -0.3 is 10.1 Å². The molecule has 24 heavy (non-hydrogen) atoms. The number of alkyl carbamates (subject to hydrolysis) is 1. The lowest BCUT2D eigenvalue weighted by Crippen LogP contribution is -2.39. The number of fused-ring (bicyclic) bond motifs is 1. The summed E-state index contributed by atoms with van der Waals surface area (Å²) in [5, 5.41) is 2.63. The van der Waals surface area contributed by atoms with Gasteiger partial charge in [-0.2, -0.15) is 0 Å². The summed E-state index contributed by atoms with van der Waals surface area (Å²) in [4.78, 5) is 24.0. The minimum Gasteiger partial charge on any atom is -0.438 e. The fourth-order valence-corrected chi connectivity index (χ4v) is 3.85. The summed E-state index contributed by atoms with van der Waals surface area (Å²) >= 11 is 3.07. The molecule has 2 aliphatic carbocycles. The number of ether oxygens (including phenoxy) is 1. The Morgan fingerprint density at radius 3 is 2.46 bits per heavy atom. The molecule has 0 heterocycles. The van der Waals surface area contributed by atoms with Crippen LogP contribution in [0.1, 0.15) is 18.4 Å². The summed E-state index contributed by atoms with van der Waals surface area (Å²) in [7, 11) is 0. The predicted molar refractivity (Wildman–Crippen MR) is 87.0 cm³/mol. The molecule has 130 valence electrons. The van der Waals surface area contributed by atoms with Gasteiger partial charge >= 0.3 is 6.09 Å². The third-order valence-corrected chi connectivity index (χ3v) is 5.42. The summed E-state index contributed by atoms with van der Waals surface area (Å²) < 4.78 is 31.9. The standard InChI is InChI=1S/C17H18BrF2NO3/c18-8-14(22)15(11-6-12-13(7-11)17(12,19)20)24-16(23)21-9-10-4-2-1-3-5-10/h1-5,11-13,15H,6-9H2,(H,21,23). The summed E-state index contributed by atoms with van der Waals surface area (Å²) in [6.45, 7) is 0.281. The van der Waals surface area contributed by atoms with Crippen molar-refractivity contribution in [3.63, 3.8) is 0 Å². The summed E-state index contributed by atoms with van der Waals surface area (Å²) in [6.07, 6.45) is -1.21. The number of hydrogen-bond donors (Lipinski definition) is 1. The number of hydrogen-bond acceptors (Lipinski definition) is 3. The van der Waals surface area contributed by atoms with Crippen molar-refractivity contribution in [3.05, 3.63) is 35.9 Å². The van der Waals surface area contributed by atoms with Crippen LogP contribution in [0.5, 0.6) is 0 Å². The summed E-state index contributed by atoms with van der Waals surface area (Å²) in [6, 6.07) is 9.28. The van der Waals surface area contributed by atoms with Gasteiger partial charge in [-0.25, -0.2) is 13.6 Å². The lowest BCUT2D eigenvalue weighted by Gasteiger charge is -2.24. The van der Waals surface area contributed by atoms with Crippen LogP contribution < -0.4 is 5.32 Å². The Labute approximate surface area is 147 Å². The summed E-state index contributed by atoms with van der Waals surface area (Å²) in [5.41, 5.74) is 0.902. The highest BCUT2D eigenvalue weighted by molar-refractivity contribution is 9.09. The van der Waals surface area contributed by atoms with Crippen LogP contribution in [-0.2, 0) is 16.1 Å². The molecule has 1 aromatic carbocycles. The molecule has 2 aliphatic rings. The van der Waals surface area contributed by atoms with Crippen molar-refractivity contribution < 1.29 is 23.1 Å². The molecule has 0 radical (unpaired) electrons. The maximum atomic E-state index is 13.3. The van der Waals surface area contributed by atoms with Crippen LogP contribution in [0.4, 0.5) is 13.6 Å². The first-order valence-corrected chi connectivity index (χ1v) is 9.00. The van der Waals surface area contributed by atoms with E-state index in [1.807, 2.05) is 30.3 Å². The number of benzene rings is 1. The van der Waals surface area contributed by atoms with Gasteiger partial charge in [-0.05, 0) is 18.4 Å². The Morgan fingerprint density at radius 1 is 1.25 bits per heavy atom. The largest absolute Gasteiger partial charge is 0.438 e. The molecule has 0 aromatic heterocycles. The lowest BCUT2D eigenvalue weighted by molar-refractivity contribution is -0.127. The van der Waals surface area contributed by atoms with E-state index < -0.39 is 30.0 Å². The van der Waals surface area contributed by atoms with Gasteiger partial charge in [0.15, 0.2) is 11.9 Å². The van der Waals surface area contributed by atoms with Crippen LogP contribution in [0.15, 0.2) is 30.3 Å². The molecular formula is C17H18BrF2NO3. The second kappa shape index (κ2) is 6.78. The molecule has 3 rings (SSSR count). The molecule has 3 atom stereocenters. The van der Waals surface area contributed by atoms with E-state index in [2.05, 4.69) is 21.2 Å². The Kier molecular flexibility index (Phi) is 4.90. The number of carbonyl (C=O) groups is 2. The van der Waals surface area contributed by atoms with E-state index in [-0.39, 0.29) is 36.4 Å². The molecular weight excluding hydrogens is 384 g/mol. The highest BCUT2D eigenvalue weighted by Crippen LogP contribution is 2.66. The maximum absolute atomic E-state index is 13.3. The van der Waals surface area contributed by atoms with Crippen molar-refractivity contribution in [2.45, 2.75) is 31.4 Å². The minimum atomic E-state index is -2.60. The van der Waals surface area contributed by atoms with Crippen LogP contribution in [0, 0.1) is 17.8 Å². The number of carbonyl (C=O) groups excluding carboxylic acids is 2. The highest BCUT2D eigenvalue weighted by Gasteiger charge is 2.72. The monoisotopic (exact) mass is 401 g/mol. The molecule has 3 unspecified atom stereocenters. The molecule has 1 amide bonds. The average molecular weight is 402 g/mol. The van der Waals surface area contributed by atoms with Crippen LogP contribution in [0.3, 0.4) is 0 Å². The fraction of sp³-hybridized carbons (Fsp3) is 0.529. The number of amides is 1. The van der Waals surface area contributed by atoms with E-state index in [1.165, 1.54) is 0 Å². The van der Waals surface area contributed by atoms with Crippen molar-refractivity contribution in [2.24, 2.45) is 17.8 Å². The van der Waals surface area contributed by atoms with E-state index in [0.717, 1.165) is 5.56 Å². The first kappa shape index (κ1) is 17.3. The van der Waals surface area contributed by atoms with Gasteiger partial charge in [-0.1, -0.05) is 46.3 Å². The number of rotatable bonds is 6. The molecule has 1 N–H and O–H groups in total. The third-order valence-electron chi connectivity index (χ3n) is 4.87. The molecule has 0 spiro atoms. The molecule has 0 saturated heterocycles. The molecule has 0 aliphatic heterocycles. The SMILES string of the molecule is O=C(NCc1ccccc1)OC(C(=O)CBr)C1CC2C(C1)C2(F)F. The van der Waals surface area contributed by atoms with Crippen LogP contribution in [0.2, 0.25) is 0 Å². The van der Waals surface area contributed by atoms with Crippen LogP contribution >= 0.6 is 15.9 Å². The molecule has 7 heteroatoms. The van der Waals surface area contributed by atoms with Gasteiger partial charge in [0.25, 0.3) is 5.92 Å². The Morgan fingerprint density at radius 2 is 1.88 bits per heavy atom. The third kappa shape index (κ3) is 3.45. The first-order chi connectivity index (χ1) is 11.4. The molecule has 1 aromatic rings. The van der Waals surface area contributed by atoms with Gasteiger partial charge in [-0.15, -0.1) is 0 Å². The van der Waals surface area contributed by atoms with E-state index in [4.69, 9.17) is 4.74 Å². The zero-order valence-corrected chi connectivity index (χ0v) is 14.5. The quantitative estimate of drug-likeness (QED) is 0.741. The minimum absolute atomic E-state index is 0.0336. The Hall–Kier alpha value is -1.50. The van der Waals surface area contributed by atoms with Crippen molar-refractivity contribution in [1.29, 1.82) is 0 Å². The second-order valence-corrected chi connectivity index (χ2v) is 6.94. The van der Waals surface area contributed by atoms with Crippen molar-refractivity contribution in [2.75, 3.05) is 5.33 Å². The van der Waals surface area contributed by atoms with E-state index in [9.17, 15) is 18.4 Å².